The van der Waals surface area contributed by atoms with Gasteiger partial charge in [0, 0.05) is 18.8 Å². The summed E-state index contributed by atoms with van der Waals surface area (Å²) in [7, 11) is -2.63. The van der Waals surface area contributed by atoms with Crippen molar-refractivity contribution in [1.82, 2.24) is 0 Å². The summed E-state index contributed by atoms with van der Waals surface area (Å²) >= 11 is 0. The van der Waals surface area contributed by atoms with Crippen LogP contribution in [0.2, 0.25) is 5.54 Å². The van der Waals surface area contributed by atoms with E-state index in [9.17, 15) is 0 Å². The molecule has 0 radical (unpaired) electrons. The molecule has 0 aromatic rings. The molecular formula is C15H34O3Si. The summed E-state index contributed by atoms with van der Waals surface area (Å²) in [5.41, 5.74) is 0.0464. The van der Waals surface area contributed by atoms with Crippen molar-refractivity contribution < 1.29 is 13.3 Å². The topological polar surface area (TPSA) is 27.7 Å². The molecule has 0 amide bonds. The average molecular weight is 291 g/mol. The van der Waals surface area contributed by atoms with Crippen LogP contribution in [0.3, 0.4) is 0 Å². The molecule has 0 saturated heterocycles. The van der Waals surface area contributed by atoms with Crippen molar-refractivity contribution in [2.45, 2.75) is 73.5 Å². The average Bonchev–Trinajstić information content (AvgIpc) is 2.28. The Kier molecular flexibility index (Phi) is 7.81. The SMILES string of the molecule is CCO[Si](OCC)(OC(C)(C(C)C)C(C)C)C(C)C. The lowest BCUT2D eigenvalue weighted by molar-refractivity contribution is -0.0759. The quantitative estimate of drug-likeness (QED) is 0.585. The van der Waals surface area contributed by atoms with Gasteiger partial charge >= 0.3 is 8.80 Å². The van der Waals surface area contributed by atoms with E-state index in [0.29, 0.717) is 25.0 Å². The molecule has 4 heteroatoms. The second-order valence-corrected chi connectivity index (χ2v) is 9.36. The molecule has 0 aliphatic rings. The molecule has 0 fully saturated rings. The van der Waals surface area contributed by atoms with Crippen LogP contribution >= 0.6 is 0 Å². The van der Waals surface area contributed by atoms with Crippen LogP contribution in [0.1, 0.15) is 62.3 Å². The Balaban J connectivity index is 5.37. The zero-order valence-electron chi connectivity index (χ0n) is 14.4. The second kappa shape index (κ2) is 7.77. The predicted octanol–water partition coefficient (Wildman–Crippen LogP) is 4.50. The highest BCUT2D eigenvalue weighted by molar-refractivity contribution is 6.62. The Morgan fingerprint density at radius 2 is 1.21 bits per heavy atom. The van der Waals surface area contributed by atoms with Gasteiger partial charge < -0.3 is 13.3 Å². The van der Waals surface area contributed by atoms with Gasteiger partial charge in [0.2, 0.25) is 0 Å². The van der Waals surface area contributed by atoms with Gasteiger partial charge in [0.15, 0.2) is 0 Å². The summed E-state index contributed by atoms with van der Waals surface area (Å²) in [6.45, 7) is 20.6. The molecule has 116 valence electrons. The highest BCUT2D eigenvalue weighted by atomic mass is 28.4. The van der Waals surface area contributed by atoms with E-state index in [1.165, 1.54) is 0 Å². The van der Waals surface area contributed by atoms with Crippen LogP contribution in [0.5, 0.6) is 0 Å². The van der Waals surface area contributed by atoms with E-state index in [0.717, 1.165) is 0 Å². The fourth-order valence-corrected chi connectivity index (χ4v) is 5.16. The van der Waals surface area contributed by atoms with E-state index in [1.54, 1.807) is 0 Å². The van der Waals surface area contributed by atoms with Crippen molar-refractivity contribution in [3.05, 3.63) is 0 Å². The van der Waals surface area contributed by atoms with Gasteiger partial charge in [0.1, 0.15) is 0 Å². The molecule has 0 aromatic carbocycles. The van der Waals surface area contributed by atoms with E-state index in [4.69, 9.17) is 13.3 Å². The first-order valence-electron chi connectivity index (χ1n) is 7.64. The Bertz CT molecular complexity index is 238. The molecule has 0 aliphatic carbocycles. The standard InChI is InChI=1S/C15H34O3Si/c1-10-16-19(14(7)8,17-11-2)18-15(9,12(3)4)13(5)6/h12-14H,10-11H2,1-9H3. The van der Waals surface area contributed by atoms with E-state index in [1.807, 2.05) is 13.8 Å². The molecule has 0 bridgehead atoms. The molecule has 0 heterocycles. The second-order valence-electron chi connectivity index (χ2n) is 6.22. The van der Waals surface area contributed by atoms with E-state index in [-0.39, 0.29) is 11.1 Å². The molecular weight excluding hydrogens is 256 g/mol. The van der Waals surface area contributed by atoms with Gasteiger partial charge in [0.05, 0.1) is 5.60 Å². The van der Waals surface area contributed by atoms with Crippen LogP contribution in [0.15, 0.2) is 0 Å². The van der Waals surface area contributed by atoms with E-state index in [2.05, 4.69) is 48.5 Å². The summed E-state index contributed by atoms with van der Waals surface area (Å²) in [4.78, 5) is 0. The first-order valence-corrected chi connectivity index (χ1v) is 9.44. The molecule has 3 nitrogen and oxygen atoms in total. The van der Waals surface area contributed by atoms with E-state index < -0.39 is 8.80 Å². The van der Waals surface area contributed by atoms with Crippen LogP contribution in [0.4, 0.5) is 0 Å². The molecule has 0 spiro atoms. The first kappa shape index (κ1) is 19.1. The van der Waals surface area contributed by atoms with Gasteiger partial charge in [0.25, 0.3) is 0 Å². The molecule has 0 N–H and O–H groups in total. The van der Waals surface area contributed by atoms with Crippen molar-refractivity contribution >= 4 is 8.80 Å². The zero-order valence-corrected chi connectivity index (χ0v) is 15.4. The maximum Gasteiger partial charge on any atom is 0.504 e. The van der Waals surface area contributed by atoms with Crippen molar-refractivity contribution in [3.8, 4) is 0 Å². The summed E-state index contributed by atoms with van der Waals surface area (Å²) in [6.07, 6.45) is 0. The zero-order chi connectivity index (χ0) is 15.3. The highest BCUT2D eigenvalue weighted by Crippen LogP contribution is 2.37. The minimum Gasteiger partial charge on any atom is -0.374 e. The van der Waals surface area contributed by atoms with Crippen molar-refractivity contribution in [2.75, 3.05) is 13.2 Å². The van der Waals surface area contributed by atoms with Crippen LogP contribution in [-0.2, 0) is 13.3 Å². The fourth-order valence-electron chi connectivity index (χ4n) is 2.16. The fraction of sp³-hybridized carbons (Fsp3) is 1.00. The Labute approximate surface area is 121 Å². The number of rotatable bonds is 9. The van der Waals surface area contributed by atoms with Crippen molar-refractivity contribution in [1.29, 1.82) is 0 Å². The van der Waals surface area contributed by atoms with Crippen LogP contribution < -0.4 is 0 Å². The highest BCUT2D eigenvalue weighted by Gasteiger charge is 2.51. The molecule has 0 aliphatic heterocycles. The Morgan fingerprint density at radius 1 is 0.842 bits per heavy atom. The van der Waals surface area contributed by atoms with Gasteiger partial charge in [-0.1, -0.05) is 41.5 Å². The summed E-state index contributed by atoms with van der Waals surface area (Å²) in [5, 5.41) is 0. The maximum atomic E-state index is 6.59. The van der Waals surface area contributed by atoms with Crippen molar-refractivity contribution in [2.24, 2.45) is 11.8 Å². The third-order valence-corrected chi connectivity index (χ3v) is 7.57. The Hall–Kier alpha value is 0.0969. The predicted molar refractivity (Wildman–Crippen MR) is 83.3 cm³/mol. The summed E-state index contributed by atoms with van der Waals surface area (Å²) in [6, 6.07) is 0. The molecule has 0 saturated carbocycles. The molecule has 19 heavy (non-hydrogen) atoms. The molecule has 0 unspecified atom stereocenters. The Morgan fingerprint density at radius 3 is 1.42 bits per heavy atom. The maximum absolute atomic E-state index is 6.59. The van der Waals surface area contributed by atoms with Gasteiger partial charge in [-0.2, -0.15) is 0 Å². The third kappa shape index (κ3) is 4.55. The van der Waals surface area contributed by atoms with Crippen molar-refractivity contribution in [3.63, 3.8) is 0 Å². The summed E-state index contributed by atoms with van der Waals surface area (Å²) < 4.78 is 18.6. The molecule has 0 aromatic heterocycles. The smallest absolute Gasteiger partial charge is 0.374 e. The normalized spacial score (nSPS) is 13.9. The lowest BCUT2D eigenvalue weighted by Gasteiger charge is -2.45. The van der Waals surface area contributed by atoms with Gasteiger partial charge in [-0.05, 0) is 32.6 Å². The lowest BCUT2D eigenvalue weighted by Crippen LogP contribution is -2.57. The van der Waals surface area contributed by atoms with E-state index >= 15 is 0 Å². The van der Waals surface area contributed by atoms with Crippen LogP contribution in [0.25, 0.3) is 0 Å². The minimum absolute atomic E-state index is 0.221. The van der Waals surface area contributed by atoms with Gasteiger partial charge in [-0.25, -0.2) is 0 Å². The lowest BCUT2D eigenvalue weighted by atomic mass is 9.82. The van der Waals surface area contributed by atoms with Gasteiger partial charge in [-0.3, -0.25) is 0 Å². The number of hydrogen-bond donors (Lipinski definition) is 0. The molecule has 0 atom stereocenters. The largest absolute Gasteiger partial charge is 0.504 e. The third-order valence-electron chi connectivity index (χ3n) is 4.05. The van der Waals surface area contributed by atoms with Gasteiger partial charge in [-0.15, -0.1) is 0 Å². The van der Waals surface area contributed by atoms with Crippen LogP contribution in [0, 0.1) is 11.8 Å². The molecule has 0 rings (SSSR count). The first-order chi connectivity index (χ1) is 8.66. The number of hydrogen-bond acceptors (Lipinski definition) is 3. The monoisotopic (exact) mass is 290 g/mol. The van der Waals surface area contributed by atoms with Crippen LogP contribution in [-0.4, -0.2) is 27.6 Å². The summed E-state index contributed by atoms with van der Waals surface area (Å²) in [5.74, 6) is 0.832. The minimum atomic E-state index is -2.63.